The summed E-state index contributed by atoms with van der Waals surface area (Å²) in [6.07, 6.45) is 0. The smallest absolute Gasteiger partial charge is 0.236 e. The van der Waals surface area contributed by atoms with Crippen LogP contribution in [0.1, 0.15) is 11.5 Å². The summed E-state index contributed by atoms with van der Waals surface area (Å²) in [4.78, 5) is 12.6. The molecule has 0 spiro atoms. The van der Waals surface area contributed by atoms with E-state index in [9.17, 15) is 4.79 Å². The number of ether oxygens (including phenoxy) is 2. The zero-order chi connectivity index (χ0) is 17.2. The number of aromatic nitrogens is 2. The highest BCUT2D eigenvalue weighted by Crippen LogP contribution is 2.34. The van der Waals surface area contributed by atoms with Crippen LogP contribution in [-0.4, -0.2) is 29.8 Å². The number of nitrogens with one attached hydrogen (secondary N) is 2. The molecule has 2 heterocycles. The summed E-state index contributed by atoms with van der Waals surface area (Å²) in [6, 6.07) is 17.0. The molecule has 0 bridgehead atoms. The molecule has 1 aliphatic heterocycles. The van der Waals surface area contributed by atoms with Gasteiger partial charge in [0.05, 0.1) is 12.8 Å². The summed E-state index contributed by atoms with van der Waals surface area (Å²) in [5.74, 6) is 1.50. The van der Waals surface area contributed by atoms with Gasteiger partial charge in [0, 0.05) is 17.2 Å². The first-order valence-corrected chi connectivity index (χ1v) is 7.97. The van der Waals surface area contributed by atoms with Crippen molar-refractivity contribution in [3.05, 3.63) is 60.2 Å². The van der Waals surface area contributed by atoms with Gasteiger partial charge in [0.25, 0.3) is 0 Å². The lowest BCUT2D eigenvalue weighted by Gasteiger charge is -2.08. The number of nitrogens with zero attached hydrogens (tertiary/aromatic N) is 1. The molecule has 3 aromatic rings. The largest absolute Gasteiger partial charge is 0.496 e. The number of rotatable bonds is 4. The third kappa shape index (κ3) is 2.82. The highest BCUT2D eigenvalue weighted by molar-refractivity contribution is 5.96. The van der Waals surface area contributed by atoms with Crippen molar-refractivity contribution in [1.82, 2.24) is 10.2 Å². The van der Waals surface area contributed by atoms with Crippen molar-refractivity contribution >= 4 is 11.7 Å². The van der Waals surface area contributed by atoms with Crippen LogP contribution >= 0.6 is 0 Å². The molecule has 6 nitrogen and oxygen atoms in total. The van der Waals surface area contributed by atoms with Crippen LogP contribution in [0.5, 0.6) is 11.5 Å². The molecule has 6 heteroatoms. The number of para-hydroxylation sites is 2. The first kappa shape index (κ1) is 15.3. The van der Waals surface area contributed by atoms with E-state index >= 15 is 0 Å². The molecule has 1 unspecified atom stereocenters. The van der Waals surface area contributed by atoms with Crippen molar-refractivity contribution in [2.75, 3.05) is 19.0 Å². The Morgan fingerprint density at radius 2 is 2.04 bits per heavy atom. The van der Waals surface area contributed by atoms with Crippen molar-refractivity contribution < 1.29 is 14.3 Å². The average Bonchev–Trinajstić information content (AvgIpc) is 3.28. The standard InChI is InChI=1S/C19H17N3O3/c1-24-16-8-4-3-7-13(16)15-10-18(22-21-15)20-19(23)14-11-25-17-9-5-2-6-12(14)17/h2-10,14H,11H2,1H3,(H2,20,21,22,23). The molecular weight excluding hydrogens is 318 g/mol. The first-order valence-electron chi connectivity index (χ1n) is 7.97. The topological polar surface area (TPSA) is 76.2 Å². The Morgan fingerprint density at radius 1 is 1.24 bits per heavy atom. The molecule has 1 aromatic heterocycles. The van der Waals surface area contributed by atoms with E-state index in [1.165, 1.54) is 0 Å². The van der Waals surface area contributed by atoms with Crippen molar-refractivity contribution in [3.8, 4) is 22.8 Å². The van der Waals surface area contributed by atoms with Gasteiger partial charge in [-0.25, -0.2) is 0 Å². The molecule has 1 atom stereocenters. The van der Waals surface area contributed by atoms with Gasteiger partial charge in [-0.2, -0.15) is 5.10 Å². The predicted octanol–water partition coefficient (Wildman–Crippen LogP) is 3.20. The number of hydrogen-bond donors (Lipinski definition) is 2. The van der Waals surface area contributed by atoms with Crippen molar-refractivity contribution in [1.29, 1.82) is 0 Å². The summed E-state index contributed by atoms with van der Waals surface area (Å²) in [5, 5.41) is 9.97. The van der Waals surface area contributed by atoms with Gasteiger partial charge in [0.15, 0.2) is 5.82 Å². The van der Waals surface area contributed by atoms with Crippen molar-refractivity contribution in [2.45, 2.75) is 5.92 Å². The van der Waals surface area contributed by atoms with Gasteiger partial charge in [-0.05, 0) is 18.2 Å². The van der Waals surface area contributed by atoms with E-state index in [2.05, 4.69) is 15.5 Å². The zero-order valence-electron chi connectivity index (χ0n) is 13.7. The van der Waals surface area contributed by atoms with Gasteiger partial charge in [-0.1, -0.05) is 30.3 Å². The van der Waals surface area contributed by atoms with E-state index in [0.717, 1.165) is 28.3 Å². The number of aromatic amines is 1. The molecule has 2 N–H and O–H groups in total. The molecule has 1 amide bonds. The normalized spacial score (nSPS) is 15.3. The molecule has 0 radical (unpaired) electrons. The Hall–Kier alpha value is -3.28. The van der Waals surface area contributed by atoms with Crippen LogP contribution in [0.3, 0.4) is 0 Å². The fraction of sp³-hybridized carbons (Fsp3) is 0.158. The number of methoxy groups -OCH3 is 1. The second-order valence-corrected chi connectivity index (χ2v) is 5.76. The van der Waals surface area contributed by atoms with Gasteiger partial charge >= 0.3 is 0 Å². The molecule has 0 saturated carbocycles. The number of hydrogen-bond acceptors (Lipinski definition) is 4. The number of fused-ring (bicyclic) bond motifs is 1. The van der Waals surface area contributed by atoms with E-state index in [1.807, 2.05) is 48.5 Å². The minimum absolute atomic E-state index is 0.136. The molecule has 0 saturated heterocycles. The SMILES string of the molecule is COc1ccccc1-c1cc(NC(=O)C2COc3ccccc32)n[nH]1. The van der Waals surface area contributed by atoms with E-state index in [-0.39, 0.29) is 11.8 Å². The summed E-state index contributed by atoms with van der Waals surface area (Å²) in [5.41, 5.74) is 2.56. The van der Waals surface area contributed by atoms with Crippen molar-refractivity contribution in [2.24, 2.45) is 0 Å². The summed E-state index contributed by atoms with van der Waals surface area (Å²) in [6.45, 7) is 0.342. The molecule has 25 heavy (non-hydrogen) atoms. The molecule has 1 aliphatic rings. The average molecular weight is 335 g/mol. The van der Waals surface area contributed by atoms with Crippen LogP contribution in [-0.2, 0) is 4.79 Å². The molecule has 0 fully saturated rings. The highest BCUT2D eigenvalue weighted by atomic mass is 16.5. The van der Waals surface area contributed by atoms with Gasteiger partial charge in [0.1, 0.15) is 24.0 Å². The van der Waals surface area contributed by atoms with E-state index in [1.54, 1.807) is 13.2 Å². The van der Waals surface area contributed by atoms with Gasteiger partial charge in [-0.15, -0.1) is 0 Å². The number of carbonyl (C=O) groups excluding carboxylic acids is 1. The number of H-pyrrole nitrogens is 1. The molecular formula is C19H17N3O3. The Balaban J connectivity index is 1.53. The van der Waals surface area contributed by atoms with Crippen LogP contribution in [0, 0.1) is 0 Å². The molecule has 4 rings (SSSR count). The number of anilines is 1. The first-order chi connectivity index (χ1) is 12.3. The van der Waals surface area contributed by atoms with Crippen LogP contribution in [0.2, 0.25) is 0 Å². The Bertz CT molecular complexity index is 920. The quantitative estimate of drug-likeness (QED) is 0.768. The fourth-order valence-electron chi connectivity index (χ4n) is 2.98. The van der Waals surface area contributed by atoms with Crippen molar-refractivity contribution in [3.63, 3.8) is 0 Å². The van der Waals surface area contributed by atoms with Gasteiger partial charge in [-0.3, -0.25) is 9.89 Å². The Morgan fingerprint density at radius 3 is 2.92 bits per heavy atom. The maximum absolute atomic E-state index is 12.6. The second-order valence-electron chi connectivity index (χ2n) is 5.76. The summed E-state index contributed by atoms with van der Waals surface area (Å²) in [7, 11) is 1.62. The van der Waals surface area contributed by atoms with E-state index in [4.69, 9.17) is 9.47 Å². The van der Waals surface area contributed by atoms with Gasteiger partial charge < -0.3 is 14.8 Å². The van der Waals surface area contributed by atoms with E-state index < -0.39 is 0 Å². The monoisotopic (exact) mass is 335 g/mol. The van der Waals surface area contributed by atoms with Crippen LogP contribution in [0.15, 0.2) is 54.6 Å². The Labute approximate surface area is 144 Å². The lowest BCUT2D eigenvalue weighted by molar-refractivity contribution is -0.117. The zero-order valence-corrected chi connectivity index (χ0v) is 13.7. The third-order valence-electron chi connectivity index (χ3n) is 4.24. The maximum atomic E-state index is 12.6. The minimum Gasteiger partial charge on any atom is -0.496 e. The fourth-order valence-corrected chi connectivity index (χ4v) is 2.98. The summed E-state index contributed by atoms with van der Waals surface area (Å²) >= 11 is 0. The maximum Gasteiger partial charge on any atom is 0.236 e. The minimum atomic E-state index is -0.331. The molecule has 126 valence electrons. The highest BCUT2D eigenvalue weighted by Gasteiger charge is 2.30. The molecule has 0 aliphatic carbocycles. The lowest BCUT2D eigenvalue weighted by atomic mass is 10.0. The van der Waals surface area contributed by atoms with E-state index in [0.29, 0.717) is 12.4 Å². The predicted molar refractivity (Wildman–Crippen MR) is 93.9 cm³/mol. The molecule has 2 aromatic carbocycles. The van der Waals surface area contributed by atoms with Gasteiger partial charge in [0.2, 0.25) is 5.91 Å². The lowest BCUT2D eigenvalue weighted by Crippen LogP contribution is -2.22. The van der Waals surface area contributed by atoms with Crippen LogP contribution < -0.4 is 14.8 Å². The number of carbonyl (C=O) groups is 1. The number of benzene rings is 2. The number of amides is 1. The van der Waals surface area contributed by atoms with Crippen LogP contribution in [0.25, 0.3) is 11.3 Å². The third-order valence-corrected chi connectivity index (χ3v) is 4.24. The second kappa shape index (κ2) is 6.32. The Kier molecular flexibility index (Phi) is 3.85. The summed E-state index contributed by atoms with van der Waals surface area (Å²) < 4.78 is 10.9. The van der Waals surface area contributed by atoms with Crippen LogP contribution in [0.4, 0.5) is 5.82 Å².